The highest BCUT2D eigenvalue weighted by atomic mass is 16.6. The van der Waals surface area contributed by atoms with Crippen LogP contribution in [0, 0.1) is 0 Å². The van der Waals surface area contributed by atoms with Crippen LogP contribution in [0.2, 0.25) is 0 Å². The third-order valence-corrected chi connectivity index (χ3v) is 5.23. The van der Waals surface area contributed by atoms with Crippen LogP contribution in [0.5, 0.6) is 0 Å². The van der Waals surface area contributed by atoms with Gasteiger partial charge in [0, 0.05) is 18.8 Å². The molecule has 6 heteroatoms. The number of amides is 2. The van der Waals surface area contributed by atoms with Crippen molar-refractivity contribution in [3.63, 3.8) is 0 Å². The molecule has 1 atom stereocenters. The molecule has 0 radical (unpaired) electrons. The van der Waals surface area contributed by atoms with E-state index in [-0.39, 0.29) is 5.91 Å². The number of rotatable bonds is 4. The number of carbonyl (C=O) groups excluding carboxylic acids is 2. The summed E-state index contributed by atoms with van der Waals surface area (Å²) in [7, 11) is 0. The Morgan fingerprint density at radius 2 is 1.86 bits per heavy atom. The number of likely N-dealkylation sites (tertiary alicyclic amines) is 2. The first kappa shape index (κ1) is 20.6. The summed E-state index contributed by atoms with van der Waals surface area (Å²) in [6.07, 6.45) is 4.91. The van der Waals surface area contributed by atoms with Crippen molar-refractivity contribution in [1.82, 2.24) is 9.80 Å². The average Bonchev–Trinajstić information content (AvgIpc) is 3.11. The Kier molecular flexibility index (Phi) is 6.60. The lowest BCUT2D eigenvalue weighted by Crippen LogP contribution is -2.45. The van der Waals surface area contributed by atoms with E-state index >= 15 is 0 Å². The van der Waals surface area contributed by atoms with Gasteiger partial charge >= 0.3 is 6.09 Å². The van der Waals surface area contributed by atoms with E-state index in [1.807, 2.05) is 39.0 Å². The molecule has 0 bridgehead atoms. The number of piperidine rings is 1. The van der Waals surface area contributed by atoms with Gasteiger partial charge in [-0.15, -0.1) is 0 Å². The molecule has 0 saturated carbocycles. The number of benzene rings is 1. The van der Waals surface area contributed by atoms with Crippen LogP contribution in [0.4, 0.5) is 10.5 Å². The first-order chi connectivity index (χ1) is 13.3. The van der Waals surface area contributed by atoms with Crippen LogP contribution in [0.3, 0.4) is 0 Å². The molecular formula is C22H33N3O3. The minimum atomic E-state index is -0.566. The SMILES string of the molecule is CC(C)(C)OC(=O)N1CCC[C@H]1C(=O)Nc1cccc(CN2CCCCC2)c1. The van der Waals surface area contributed by atoms with Gasteiger partial charge in [-0.1, -0.05) is 18.6 Å². The van der Waals surface area contributed by atoms with Crippen molar-refractivity contribution in [2.24, 2.45) is 0 Å². The monoisotopic (exact) mass is 387 g/mol. The van der Waals surface area contributed by atoms with Crippen LogP contribution in [-0.4, -0.2) is 53.1 Å². The Labute approximate surface area is 168 Å². The quantitative estimate of drug-likeness (QED) is 0.848. The van der Waals surface area contributed by atoms with Gasteiger partial charge in [-0.2, -0.15) is 0 Å². The maximum Gasteiger partial charge on any atom is 0.410 e. The van der Waals surface area contributed by atoms with E-state index in [0.717, 1.165) is 31.7 Å². The molecule has 28 heavy (non-hydrogen) atoms. The fourth-order valence-corrected chi connectivity index (χ4v) is 3.93. The first-order valence-electron chi connectivity index (χ1n) is 10.4. The molecule has 2 aliphatic rings. The zero-order valence-electron chi connectivity index (χ0n) is 17.4. The maximum absolute atomic E-state index is 12.8. The summed E-state index contributed by atoms with van der Waals surface area (Å²) in [5, 5.41) is 3.00. The standard InChI is InChI=1S/C22H33N3O3/c1-22(2,3)28-21(27)25-14-8-11-19(25)20(26)23-18-10-7-9-17(15-18)16-24-12-5-4-6-13-24/h7,9-10,15,19H,4-6,8,11-14,16H2,1-3H3,(H,23,26)/t19-/m0/s1. The van der Waals surface area contributed by atoms with Gasteiger partial charge in [0.2, 0.25) is 5.91 Å². The number of nitrogens with one attached hydrogen (secondary N) is 1. The van der Waals surface area contributed by atoms with Crippen LogP contribution < -0.4 is 5.32 Å². The summed E-state index contributed by atoms with van der Waals surface area (Å²) >= 11 is 0. The Morgan fingerprint density at radius 3 is 2.57 bits per heavy atom. The van der Waals surface area contributed by atoms with Crippen LogP contribution in [-0.2, 0) is 16.1 Å². The summed E-state index contributed by atoms with van der Waals surface area (Å²) in [5.74, 6) is -0.140. The number of carbonyl (C=O) groups is 2. The molecule has 2 fully saturated rings. The molecule has 1 aromatic carbocycles. The molecule has 2 heterocycles. The van der Waals surface area contributed by atoms with Gasteiger partial charge in [0.05, 0.1) is 0 Å². The summed E-state index contributed by atoms with van der Waals surface area (Å²) in [5.41, 5.74) is 1.43. The minimum Gasteiger partial charge on any atom is -0.444 e. The topological polar surface area (TPSA) is 61.9 Å². The maximum atomic E-state index is 12.8. The zero-order valence-corrected chi connectivity index (χ0v) is 17.4. The summed E-state index contributed by atoms with van der Waals surface area (Å²) in [6, 6.07) is 7.56. The summed E-state index contributed by atoms with van der Waals surface area (Å²) < 4.78 is 5.46. The predicted molar refractivity (Wildman–Crippen MR) is 110 cm³/mol. The summed E-state index contributed by atoms with van der Waals surface area (Å²) in [4.78, 5) is 29.3. The van der Waals surface area contributed by atoms with Gasteiger partial charge in [0.1, 0.15) is 11.6 Å². The van der Waals surface area contributed by atoms with Crippen molar-refractivity contribution in [2.45, 2.75) is 71.1 Å². The molecule has 0 spiro atoms. The highest BCUT2D eigenvalue weighted by Crippen LogP contribution is 2.23. The molecule has 154 valence electrons. The fraction of sp³-hybridized carbons (Fsp3) is 0.636. The van der Waals surface area contributed by atoms with Crippen molar-refractivity contribution >= 4 is 17.7 Å². The Balaban J connectivity index is 1.60. The van der Waals surface area contributed by atoms with Gasteiger partial charge in [-0.3, -0.25) is 14.6 Å². The van der Waals surface area contributed by atoms with E-state index < -0.39 is 17.7 Å². The van der Waals surface area contributed by atoms with Crippen LogP contribution in [0.1, 0.15) is 58.4 Å². The Bertz CT molecular complexity index is 693. The molecule has 0 aromatic heterocycles. The highest BCUT2D eigenvalue weighted by Gasteiger charge is 2.36. The molecule has 2 amide bonds. The van der Waals surface area contributed by atoms with Crippen molar-refractivity contribution < 1.29 is 14.3 Å². The van der Waals surface area contributed by atoms with Crippen molar-refractivity contribution in [1.29, 1.82) is 0 Å². The van der Waals surface area contributed by atoms with Gasteiger partial charge in [-0.05, 0) is 77.2 Å². The van der Waals surface area contributed by atoms with Crippen molar-refractivity contribution in [3.8, 4) is 0 Å². The van der Waals surface area contributed by atoms with E-state index in [4.69, 9.17) is 4.74 Å². The number of hydrogen-bond donors (Lipinski definition) is 1. The highest BCUT2D eigenvalue weighted by molar-refractivity contribution is 5.96. The van der Waals surface area contributed by atoms with E-state index in [2.05, 4.69) is 16.3 Å². The van der Waals surface area contributed by atoms with Crippen LogP contribution >= 0.6 is 0 Å². The largest absolute Gasteiger partial charge is 0.444 e. The number of nitrogens with zero attached hydrogens (tertiary/aromatic N) is 2. The Hall–Kier alpha value is -2.08. The van der Waals surface area contributed by atoms with E-state index in [1.54, 1.807) is 4.90 Å². The lowest BCUT2D eigenvalue weighted by atomic mass is 10.1. The van der Waals surface area contributed by atoms with E-state index in [0.29, 0.717) is 13.0 Å². The normalized spacial score (nSPS) is 20.8. The lowest BCUT2D eigenvalue weighted by molar-refractivity contribution is -0.120. The molecule has 1 N–H and O–H groups in total. The van der Waals surface area contributed by atoms with E-state index in [1.165, 1.54) is 24.8 Å². The average molecular weight is 388 g/mol. The second-order valence-electron chi connectivity index (χ2n) is 8.86. The van der Waals surface area contributed by atoms with Crippen molar-refractivity contribution in [2.75, 3.05) is 25.0 Å². The van der Waals surface area contributed by atoms with Crippen LogP contribution in [0.25, 0.3) is 0 Å². The predicted octanol–water partition coefficient (Wildman–Crippen LogP) is 4.01. The second-order valence-corrected chi connectivity index (χ2v) is 8.86. The minimum absolute atomic E-state index is 0.140. The number of ether oxygens (including phenoxy) is 1. The number of hydrogen-bond acceptors (Lipinski definition) is 4. The molecule has 0 aliphatic carbocycles. The number of anilines is 1. The lowest BCUT2D eigenvalue weighted by Gasteiger charge is -2.28. The van der Waals surface area contributed by atoms with Gasteiger partial charge in [-0.25, -0.2) is 4.79 Å². The third-order valence-electron chi connectivity index (χ3n) is 5.23. The van der Waals surface area contributed by atoms with Crippen molar-refractivity contribution in [3.05, 3.63) is 29.8 Å². The van der Waals surface area contributed by atoms with Gasteiger partial charge in [0.15, 0.2) is 0 Å². The molecule has 6 nitrogen and oxygen atoms in total. The second kappa shape index (κ2) is 8.95. The molecule has 2 saturated heterocycles. The zero-order chi connectivity index (χ0) is 20.1. The van der Waals surface area contributed by atoms with Crippen LogP contribution in [0.15, 0.2) is 24.3 Å². The van der Waals surface area contributed by atoms with E-state index in [9.17, 15) is 9.59 Å². The molecule has 1 aromatic rings. The summed E-state index contributed by atoms with van der Waals surface area (Å²) in [6.45, 7) is 9.27. The molecule has 3 rings (SSSR count). The first-order valence-corrected chi connectivity index (χ1v) is 10.4. The smallest absolute Gasteiger partial charge is 0.410 e. The Morgan fingerprint density at radius 1 is 1.11 bits per heavy atom. The van der Waals surface area contributed by atoms with Gasteiger partial charge < -0.3 is 10.1 Å². The fourth-order valence-electron chi connectivity index (χ4n) is 3.93. The van der Waals surface area contributed by atoms with Gasteiger partial charge in [0.25, 0.3) is 0 Å². The third kappa shape index (κ3) is 5.71. The molecular weight excluding hydrogens is 354 g/mol. The molecule has 0 unspecified atom stereocenters. The molecule has 2 aliphatic heterocycles.